The van der Waals surface area contributed by atoms with Crippen LogP contribution in [0.25, 0.3) is 0 Å². The summed E-state index contributed by atoms with van der Waals surface area (Å²) in [5.41, 5.74) is 0.185. The molecule has 0 aliphatic rings. The van der Waals surface area contributed by atoms with Crippen molar-refractivity contribution in [3.05, 3.63) is 39.5 Å². The summed E-state index contributed by atoms with van der Waals surface area (Å²) in [6.45, 7) is 4.33. The smallest absolute Gasteiger partial charge is 0.365 e. The van der Waals surface area contributed by atoms with Gasteiger partial charge in [0, 0.05) is 11.1 Å². The number of rotatable bonds is 3. The summed E-state index contributed by atoms with van der Waals surface area (Å²) in [5.74, 6) is 0.415. The van der Waals surface area contributed by atoms with Crippen molar-refractivity contribution in [2.75, 3.05) is 5.32 Å². The van der Waals surface area contributed by atoms with Crippen molar-refractivity contribution in [3.63, 3.8) is 0 Å². The number of thiazole rings is 1. The van der Waals surface area contributed by atoms with Crippen LogP contribution in [0.4, 0.5) is 19.0 Å². The highest BCUT2D eigenvalue weighted by Crippen LogP contribution is 2.29. The van der Waals surface area contributed by atoms with Gasteiger partial charge in [-0.3, -0.25) is 0 Å². The number of pyridine rings is 1. The second-order valence-electron chi connectivity index (χ2n) is 4.02. The topological polar surface area (TPSA) is 37.8 Å². The number of anilines is 1. The molecule has 0 bridgehead atoms. The molecule has 0 radical (unpaired) electrons. The molecule has 102 valence electrons. The van der Waals surface area contributed by atoms with Crippen LogP contribution in [0.5, 0.6) is 0 Å². The van der Waals surface area contributed by atoms with Crippen molar-refractivity contribution in [1.82, 2.24) is 9.97 Å². The molecule has 7 heteroatoms. The number of aryl methyl sites for hydroxylation is 2. The molecule has 0 saturated heterocycles. The lowest BCUT2D eigenvalue weighted by Gasteiger charge is -2.08. The fourth-order valence-electron chi connectivity index (χ4n) is 1.57. The van der Waals surface area contributed by atoms with Crippen LogP contribution in [0, 0.1) is 13.8 Å². The first-order valence-electron chi connectivity index (χ1n) is 5.56. The average molecular weight is 287 g/mol. The summed E-state index contributed by atoms with van der Waals surface area (Å²) in [6, 6.07) is 2.34. The van der Waals surface area contributed by atoms with E-state index in [-0.39, 0.29) is 0 Å². The standard InChI is InChI=1S/C12H12F3N3S/c1-7-10(19-8(2)18-7)6-17-11-4-3-9(5-16-11)12(13,14)15/h3-5H,6H2,1-2H3,(H,16,17). The predicted molar refractivity (Wildman–Crippen MR) is 68.2 cm³/mol. The Balaban J connectivity index is 2.02. The van der Waals surface area contributed by atoms with E-state index in [2.05, 4.69) is 15.3 Å². The second kappa shape index (κ2) is 5.16. The van der Waals surface area contributed by atoms with Gasteiger partial charge in [0.1, 0.15) is 5.82 Å². The molecule has 0 aliphatic heterocycles. The lowest BCUT2D eigenvalue weighted by molar-refractivity contribution is -0.137. The normalized spacial score (nSPS) is 11.6. The van der Waals surface area contributed by atoms with E-state index in [1.807, 2.05) is 13.8 Å². The zero-order chi connectivity index (χ0) is 14.0. The van der Waals surface area contributed by atoms with Crippen LogP contribution in [0.1, 0.15) is 21.1 Å². The van der Waals surface area contributed by atoms with Crippen LogP contribution >= 0.6 is 11.3 Å². The van der Waals surface area contributed by atoms with Crippen LogP contribution in [0.15, 0.2) is 18.3 Å². The van der Waals surface area contributed by atoms with Gasteiger partial charge in [-0.05, 0) is 26.0 Å². The van der Waals surface area contributed by atoms with Gasteiger partial charge in [0.25, 0.3) is 0 Å². The Morgan fingerprint density at radius 1 is 1.26 bits per heavy atom. The third-order valence-electron chi connectivity index (χ3n) is 2.52. The Kier molecular flexibility index (Phi) is 3.75. The molecule has 0 atom stereocenters. The number of nitrogens with one attached hydrogen (secondary N) is 1. The molecular weight excluding hydrogens is 275 g/mol. The van der Waals surface area contributed by atoms with Gasteiger partial charge in [0.15, 0.2) is 0 Å². The number of hydrogen-bond acceptors (Lipinski definition) is 4. The monoisotopic (exact) mass is 287 g/mol. The highest BCUT2D eigenvalue weighted by Gasteiger charge is 2.30. The minimum absolute atomic E-state index is 0.415. The fraction of sp³-hybridized carbons (Fsp3) is 0.333. The van der Waals surface area contributed by atoms with E-state index < -0.39 is 11.7 Å². The Bertz CT molecular complexity index is 561. The van der Waals surface area contributed by atoms with Crippen molar-refractivity contribution in [3.8, 4) is 0 Å². The van der Waals surface area contributed by atoms with Gasteiger partial charge < -0.3 is 5.32 Å². The van der Waals surface area contributed by atoms with Gasteiger partial charge in [0.2, 0.25) is 0 Å². The lowest BCUT2D eigenvalue weighted by atomic mass is 10.3. The van der Waals surface area contributed by atoms with Crippen molar-refractivity contribution in [2.45, 2.75) is 26.6 Å². The predicted octanol–water partition coefficient (Wildman–Crippen LogP) is 3.79. The molecule has 19 heavy (non-hydrogen) atoms. The molecule has 2 heterocycles. The third kappa shape index (κ3) is 3.44. The Morgan fingerprint density at radius 2 is 2.00 bits per heavy atom. The highest BCUT2D eigenvalue weighted by atomic mass is 32.1. The van der Waals surface area contributed by atoms with Gasteiger partial charge in [0.05, 0.1) is 22.8 Å². The minimum Gasteiger partial charge on any atom is -0.365 e. The summed E-state index contributed by atoms with van der Waals surface area (Å²) in [4.78, 5) is 9.08. The molecule has 3 nitrogen and oxygen atoms in total. The van der Waals surface area contributed by atoms with Gasteiger partial charge in [-0.25, -0.2) is 9.97 Å². The fourth-order valence-corrected chi connectivity index (χ4v) is 2.45. The number of hydrogen-bond donors (Lipinski definition) is 1. The van der Waals surface area contributed by atoms with Gasteiger partial charge in [-0.15, -0.1) is 11.3 Å². The first-order valence-corrected chi connectivity index (χ1v) is 6.38. The summed E-state index contributed by atoms with van der Waals surface area (Å²) in [7, 11) is 0. The lowest BCUT2D eigenvalue weighted by Crippen LogP contribution is -2.07. The zero-order valence-corrected chi connectivity index (χ0v) is 11.2. The van der Waals surface area contributed by atoms with Crippen molar-refractivity contribution in [2.24, 2.45) is 0 Å². The van der Waals surface area contributed by atoms with Crippen LogP contribution in [0.2, 0.25) is 0 Å². The van der Waals surface area contributed by atoms with E-state index in [9.17, 15) is 13.2 Å². The van der Waals surface area contributed by atoms with E-state index in [1.165, 1.54) is 6.07 Å². The quantitative estimate of drug-likeness (QED) is 0.933. The summed E-state index contributed by atoms with van der Waals surface area (Å²) in [5, 5.41) is 3.95. The van der Waals surface area contributed by atoms with E-state index in [0.29, 0.717) is 12.4 Å². The largest absolute Gasteiger partial charge is 0.417 e. The highest BCUT2D eigenvalue weighted by molar-refractivity contribution is 7.11. The SMILES string of the molecule is Cc1nc(C)c(CNc2ccc(C(F)(F)F)cn2)s1. The molecular formula is C12H12F3N3S. The van der Waals surface area contributed by atoms with Crippen LogP contribution in [-0.4, -0.2) is 9.97 Å². The Morgan fingerprint density at radius 3 is 2.47 bits per heavy atom. The molecule has 0 spiro atoms. The van der Waals surface area contributed by atoms with Gasteiger partial charge >= 0.3 is 6.18 Å². The molecule has 0 amide bonds. The van der Waals surface area contributed by atoms with E-state index >= 15 is 0 Å². The number of alkyl halides is 3. The molecule has 2 rings (SSSR count). The van der Waals surface area contributed by atoms with Crippen LogP contribution < -0.4 is 5.32 Å². The second-order valence-corrected chi connectivity index (χ2v) is 5.31. The number of halogens is 3. The Hall–Kier alpha value is -1.63. The summed E-state index contributed by atoms with van der Waals surface area (Å²) >= 11 is 1.56. The molecule has 0 aliphatic carbocycles. The molecule has 0 aromatic carbocycles. The molecule has 2 aromatic rings. The van der Waals surface area contributed by atoms with Crippen molar-refractivity contribution < 1.29 is 13.2 Å². The first kappa shape index (κ1) is 13.8. The maximum Gasteiger partial charge on any atom is 0.417 e. The van der Waals surface area contributed by atoms with Gasteiger partial charge in [-0.1, -0.05) is 0 Å². The molecule has 1 N–H and O–H groups in total. The number of aromatic nitrogens is 2. The average Bonchev–Trinajstić information content (AvgIpc) is 2.65. The van der Waals surface area contributed by atoms with Crippen molar-refractivity contribution in [1.29, 1.82) is 0 Å². The van der Waals surface area contributed by atoms with E-state index in [1.54, 1.807) is 11.3 Å². The van der Waals surface area contributed by atoms with Crippen LogP contribution in [-0.2, 0) is 12.7 Å². The first-order chi connectivity index (χ1) is 8.86. The summed E-state index contributed by atoms with van der Waals surface area (Å²) < 4.78 is 37.1. The van der Waals surface area contributed by atoms with E-state index in [4.69, 9.17) is 0 Å². The van der Waals surface area contributed by atoms with Crippen molar-refractivity contribution >= 4 is 17.2 Å². The molecule has 0 unspecified atom stereocenters. The third-order valence-corrected chi connectivity index (χ3v) is 3.59. The molecule has 0 fully saturated rings. The molecule has 2 aromatic heterocycles. The maximum absolute atomic E-state index is 12.4. The maximum atomic E-state index is 12.4. The Labute approximate surface area is 112 Å². The number of nitrogens with zero attached hydrogens (tertiary/aromatic N) is 2. The minimum atomic E-state index is -4.35. The summed E-state index contributed by atoms with van der Waals surface area (Å²) in [6.07, 6.45) is -3.52. The van der Waals surface area contributed by atoms with Crippen LogP contribution in [0.3, 0.4) is 0 Å². The molecule has 0 saturated carbocycles. The van der Waals surface area contributed by atoms with E-state index in [0.717, 1.165) is 27.8 Å². The zero-order valence-electron chi connectivity index (χ0n) is 10.4. The van der Waals surface area contributed by atoms with Gasteiger partial charge in [-0.2, -0.15) is 13.2 Å².